The largest absolute Gasteiger partial charge is 0.467 e. The number of benzene rings is 1. The van der Waals surface area contributed by atoms with Crippen molar-refractivity contribution in [2.24, 2.45) is 5.10 Å². The van der Waals surface area contributed by atoms with Crippen LogP contribution in [0.4, 0.5) is 0 Å². The van der Waals surface area contributed by atoms with Crippen LogP contribution in [0.15, 0.2) is 81.1 Å². The lowest BCUT2D eigenvalue weighted by Gasteiger charge is -2.38. The highest BCUT2D eigenvalue weighted by Gasteiger charge is 2.37. The highest BCUT2D eigenvalue weighted by molar-refractivity contribution is 6.01. The van der Waals surface area contributed by atoms with Crippen LogP contribution < -0.4 is 0 Å². The summed E-state index contributed by atoms with van der Waals surface area (Å²) in [6.45, 7) is 4.59. The number of amides is 2. The second kappa shape index (κ2) is 11.0. The van der Waals surface area contributed by atoms with Crippen LogP contribution in [0.1, 0.15) is 60.5 Å². The van der Waals surface area contributed by atoms with Crippen molar-refractivity contribution in [3.8, 4) is 0 Å². The third-order valence-corrected chi connectivity index (χ3v) is 6.98. The molecule has 2 aliphatic rings. The standard InChI is InChI=1S/C28H32N4O4/c1-2-14-31(22-12-15-30(16-13-22)28(34)21-8-4-3-5-9-21)20-27(33)32-24(26-11-7-18-36-26)19-23(29-32)25-10-6-17-35-25/h3-11,17-18,22,24H,2,12-16,19-20H2,1H3. The Morgan fingerprint density at radius 1 is 1.00 bits per heavy atom. The SMILES string of the molecule is CCCN(CC(=O)N1N=C(c2ccco2)CC1c1ccco1)C1CCN(C(=O)c2ccccc2)CC1. The van der Waals surface area contributed by atoms with E-state index in [-0.39, 0.29) is 30.4 Å². The van der Waals surface area contributed by atoms with Crippen LogP contribution in [-0.2, 0) is 4.79 Å². The first-order chi connectivity index (χ1) is 17.6. The summed E-state index contributed by atoms with van der Waals surface area (Å²) in [7, 11) is 0. The first-order valence-corrected chi connectivity index (χ1v) is 12.7. The van der Waals surface area contributed by atoms with Crippen LogP contribution in [-0.4, -0.2) is 64.6 Å². The van der Waals surface area contributed by atoms with E-state index in [1.165, 1.54) is 0 Å². The summed E-state index contributed by atoms with van der Waals surface area (Å²) in [5, 5.41) is 6.23. The maximum atomic E-state index is 13.6. The molecule has 0 radical (unpaired) electrons. The third kappa shape index (κ3) is 5.14. The molecule has 0 spiro atoms. The summed E-state index contributed by atoms with van der Waals surface area (Å²) in [6.07, 6.45) is 6.40. The van der Waals surface area contributed by atoms with E-state index in [1.54, 1.807) is 17.5 Å². The second-order valence-electron chi connectivity index (χ2n) is 9.36. The van der Waals surface area contributed by atoms with Gasteiger partial charge in [0.2, 0.25) is 0 Å². The zero-order valence-corrected chi connectivity index (χ0v) is 20.6. The van der Waals surface area contributed by atoms with Crippen LogP contribution in [0.5, 0.6) is 0 Å². The topological polar surface area (TPSA) is 82.5 Å². The fourth-order valence-corrected chi connectivity index (χ4v) is 5.16. The van der Waals surface area contributed by atoms with Gasteiger partial charge in [-0.15, -0.1) is 0 Å². The molecule has 8 nitrogen and oxygen atoms in total. The summed E-state index contributed by atoms with van der Waals surface area (Å²) < 4.78 is 11.2. The van der Waals surface area contributed by atoms with Crippen molar-refractivity contribution >= 4 is 17.5 Å². The van der Waals surface area contributed by atoms with Gasteiger partial charge in [-0.2, -0.15) is 5.10 Å². The number of hydrogen-bond donors (Lipinski definition) is 0. The summed E-state index contributed by atoms with van der Waals surface area (Å²) >= 11 is 0. The number of hydrogen-bond acceptors (Lipinski definition) is 6. The molecule has 1 saturated heterocycles. The first-order valence-electron chi connectivity index (χ1n) is 12.7. The number of nitrogens with zero attached hydrogens (tertiary/aromatic N) is 4. The van der Waals surface area contributed by atoms with Crippen LogP contribution in [0.25, 0.3) is 0 Å². The molecule has 1 aromatic carbocycles. The van der Waals surface area contributed by atoms with Crippen molar-refractivity contribution in [2.75, 3.05) is 26.2 Å². The Labute approximate surface area is 211 Å². The van der Waals surface area contributed by atoms with Gasteiger partial charge in [0.05, 0.1) is 19.1 Å². The van der Waals surface area contributed by atoms with E-state index < -0.39 is 0 Å². The lowest BCUT2D eigenvalue weighted by atomic mass is 10.0. The molecule has 5 rings (SSSR count). The quantitative estimate of drug-likeness (QED) is 0.464. The minimum atomic E-state index is -0.290. The van der Waals surface area contributed by atoms with E-state index >= 15 is 0 Å². The van der Waals surface area contributed by atoms with E-state index in [9.17, 15) is 9.59 Å². The Bertz CT molecular complexity index is 1170. The van der Waals surface area contributed by atoms with Crippen molar-refractivity contribution in [1.82, 2.24) is 14.8 Å². The monoisotopic (exact) mass is 488 g/mol. The summed E-state index contributed by atoms with van der Waals surface area (Å²) in [5.41, 5.74) is 1.46. The molecule has 4 heterocycles. The Morgan fingerprint density at radius 3 is 2.42 bits per heavy atom. The number of rotatable bonds is 8. The molecule has 188 valence electrons. The van der Waals surface area contributed by atoms with E-state index in [0.29, 0.717) is 31.0 Å². The minimum absolute atomic E-state index is 0.0609. The summed E-state index contributed by atoms with van der Waals surface area (Å²) in [5.74, 6) is 1.39. The predicted molar refractivity (Wildman–Crippen MR) is 135 cm³/mol. The Hall–Kier alpha value is -3.65. The number of carbonyl (C=O) groups is 2. The van der Waals surface area contributed by atoms with Crippen molar-refractivity contribution in [3.05, 3.63) is 84.2 Å². The molecular weight excluding hydrogens is 456 g/mol. The molecule has 0 aliphatic carbocycles. The molecule has 2 aliphatic heterocycles. The average Bonchev–Trinajstić information content (AvgIpc) is 3.70. The maximum Gasteiger partial charge on any atom is 0.257 e. The molecule has 0 saturated carbocycles. The summed E-state index contributed by atoms with van der Waals surface area (Å²) in [6, 6.07) is 16.8. The van der Waals surface area contributed by atoms with Crippen molar-refractivity contribution in [1.29, 1.82) is 0 Å². The Kier molecular flexibility index (Phi) is 7.32. The van der Waals surface area contributed by atoms with E-state index in [4.69, 9.17) is 8.83 Å². The normalized spacial score (nSPS) is 18.6. The molecule has 0 bridgehead atoms. The van der Waals surface area contributed by atoms with Crippen LogP contribution in [0.2, 0.25) is 0 Å². The minimum Gasteiger partial charge on any atom is -0.467 e. The third-order valence-electron chi connectivity index (χ3n) is 6.98. The van der Waals surface area contributed by atoms with Crippen molar-refractivity contribution in [2.45, 2.75) is 44.7 Å². The van der Waals surface area contributed by atoms with Crippen LogP contribution >= 0.6 is 0 Å². The fourth-order valence-electron chi connectivity index (χ4n) is 5.16. The molecule has 8 heteroatoms. The molecular formula is C28H32N4O4. The maximum absolute atomic E-state index is 13.6. The highest BCUT2D eigenvalue weighted by Crippen LogP contribution is 2.33. The molecule has 2 amide bonds. The fraction of sp³-hybridized carbons (Fsp3) is 0.393. The van der Waals surface area contributed by atoms with Gasteiger partial charge in [0.15, 0.2) is 0 Å². The predicted octanol–water partition coefficient (Wildman–Crippen LogP) is 4.57. The van der Waals surface area contributed by atoms with Gasteiger partial charge in [-0.25, -0.2) is 5.01 Å². The first kappa shape index (κ1) is 24.1. The molecule has 1 unspecified atom stereocenters. The van der Waals surface area contributed by atoms with E-state index in [1.807, 2.05) is 59.5 Å². The Morgan fingerprint density at radius 2 is 1.75 bits per heavy atom. The lowest BCUT2D eigenvalue weighted by Crippen LogP contribution is -2.49. The smallest absolute Gasteiger partial charge is 0.257 e. The molecule has 1 atom stereocenters. The van der Waals surface area contributed by atoms with Gasteiger partial charge in [-0.1, -0.05) is 25.1 Å². The number of hydrazone groups is 1. The lowest BCUT2D eigenvalue weighted by molar-refractivity contribution is -0.135. The van der Waals surface area contributed by atoms with Gasteiger partial charge in [-0.05, 0) is 62.2 Å². The number of likely N-dealkylation sites (tertiary alicyclic amines) is 1. The highest BCUT2D eigenvalue weighted by atomic mass is 16.3. The van der Waals surface area contributed by atoms with Gasteiger partial charge >= 0.3 is 0 Å². The second-order valence-corrected chi connectivity index (χ2v) is 9.36. The zero-order valence-electron chi connectivity index (χ0n) is 20.6. The van der Waals surface area contributed by atoms with E-state index in [2.05, 4.69) is 16.9 Å². The number of carbonyl (C=O) groups excluding carboxylic acids is 2. The molecule has 36 heavy (non-hydrogen) atoms. The zero-order chi connectivity index (χ0) is 24.9. The number of furan rings is 2. The summed E-state index contributed by atoms with van der Waals surface area (Å²) in [4.78, 5) is 30.6. The number of piperidine rings is 1. The van der Waals surface area contributed by atoms with Gasteiger partial charge in [0, 0.05) is 31.1 Å². The van der Waals surface area contributed by atoms with Crippen LogP contribution in [0.3, 0.4) is 0 Å². The molecule has 2 aromatic heterocycles. The van der Waals surface area contributed by atoms with Gasteiger partial charge in [-0.3, -0.25) is 14.5 Å². The molecule has 1 fully saturated rings. The van der Waals surface area contributed by atoms with Gasteiger partial charge < -0.3 is 13.7 Å². The molecule has 3 aromatic rings. The van der Waals surface area contributed by atoms with Gasteiger partial charge in [0.1, 0.15) is 23.3 Å². The average molecular weight is 489 g/mol. The van der Waals surface area contributed by atoms with Crippen molar-refractivity contribution < 1.29 is 18.4 Å². The van der Waals surface area contributed by atoms with Gasteiger partial charge in [0.25, 0.3) is 11.8 Å². The van der Waals surface area contributed by atoms with Crippen LogP contribution in [0, 0.1) is 0 Å². The Balaban J connectivity index is 1.26. The molecule has 0 N–H and O–H groups in total. The van der Waals surface area contributed by atoms with Crippen molar-refractivity contribution in [3.63, 3.8) is 0 Å². The van der Waals surface area contributed by atoms with E-state index in [0.717, 1.165) is 37.1 Å².